The molecule has 11 fully saturated rings. The standard InChI is InChI=1S/C78H130N6O56/c1-18(95)79-35-47(107)59(28(11-89)121-68(35)119)132-70-37(81-20(3)97)50(110)63(32(15-93)126-70)137-76-58(118)65(45(105)34(131-76)17-120-77-66(54(114)44(104)27(10-88)125-77)139-72-40(84-23(6)100)51(111)62(31(14-92)129-72)136-75-56(116)53(113)43(103)26(9-87)124-75)138-78-67(140-73-39(83-22(5)99)48(108)60(29(12-90)128-73)133-69-36(80-19(2)96)46(106)41(101)24(7-85)122-69)57(117)64(33(16-94)130-78)134-71-38(82-21(4)98)49(109)61(30(13-91)127-71)135-74-55(115)52(112)42(102)25(8-86)123-74/h24-78,85-94,101-119H,7-17H2,1-6H3,(H,79,95)(H,80,96)(H,81,97)(H,82,98)(H,83,99)(H,84,100)/t24-,25-,26-,27-,28-,29-,30-,31-,32-,33-,34-,35-,36-,37-,38-,39-,40-,41+,42+,43+,44-,45-,46-,47-,48-,49-,50-,51-,52+,53+,54+,55-,56-,57+,58+,59-,60-,61-,62-,63-,64-,65+,66+,67+,68?,69+,70+,71+,72+,73+,74+,75+,76+,77+,78-/m1/s1. The maximum atomic E-state index is 13.5. The molecule has 62 heteroatoms. The first-order valence-electron chi connectivity index (χ1n) is 44.6. The highest BCUT2D eigenvalue weighted by atomic mass is 16.8. The zero-order valence-electron chi connectivity index (χ0n) is 75.5. The second-order valence-corrected chi connectivity index (χ2v) is 35.2. The van der Waals surface area contributed by atoms with Crippen LogP contribution in [0.1, 0.15) is 41.5 Å². The van der Waals surface area contributed by atoms with Crippen molar-refractivity contribution in [3.63, 3.8) is 0 Å². The number of carbonyl (C=O) groups is 6. The smallest absolute Gasteiger partial charge is 0.217 e. The summed E-state index contributed by atoms with van der Waals surface area (Å²) < 4.78 is 127. The van der Waals surface area contributed by atoms with Crippen molar-refractivity contribution in [3.05, 3.63) is 0 Å². The minimum absolute atomic E-state index is 0.832. The lowest BCUT2D eigenvalue weighted by molar-refractivity contribution is -0.406. The average Bonchev–Trinajstić information content (AvgIpc) is 0.771. The first-order chi connectivity index (χ1) is 66.3. The summed E-state index contributed by atoms with van der Waals surface area (Å²) >= 11 is 0. The largest absolute Gasteiger partial charge is 0.394 e. The van der Waals surface area contributed by atoms with Gasteiger partial charge in [0.25, 0.3) is 0 Å². The SMILES string of the molecule is CC(=O)N[C@H]1[C@H](O[C@H]2[C@H](O)[C@@H](NC(C)=O)C(O)O[C@@H]2CO)O[C@H](CO)[C@@H](O[C@@H]2O[C@H](CO[C@H]3O[C@H](CO)[C@@H](O)[C@H](O)[C@@H]3O[C@@H]3O[C@H](CO)[C@@H](O[C@@H]4O[C@H](CO)[C@H](O)[C@H](O)[C@H]4O)[C@H](O)[C@H]3NC(C)=O)[C@@H](O)[C@H](O[C@H]3O[C@H](CO)[C@@H](O[C@@H]4O[C@H](CO)[C@@H](O[C@@H]5O[C@H](CO)[C@H](O)[C@H](O)[C@H]5O)[C@H](O)[C@H]4NC(C)=O)[C@H](O)[C@@H]3O[C@@H]3O[C@H](CO)[C@@H](O[C@@H]4O[C@H](CO)[C@H](O)[C@H](O)[C@H]4NC(C)=O)[C@H](O)[C@H]3NC(C)=O)[C@@H]2O)[C@@H]1O. The molecule has 6 amide bonds. The molecule has 62 nitrogen and oxygen atoms in total. The number of rotatable bonds is 37. The van der Waals surface area contributed by atoms with Gasteiger partial charge in [-0.05, 0) is 0 Å². The van der Waals surface area contributed by atoms with Gasteiger partial charge < -0.3 is 279 Å². The monoisotopic (exact) mass is 2050 g/mol. The van der Waals surface area contributed by atoms with Crippen molar-refractivity contribution >= 4 is 35.4 Å². The van der Waals surface area contributed by atoms with E-state index in [0.29, 0.717) is 0 Å². The quantitative estimate of drug-likeness (QED) is 0.0275. The maximum Gasteiger partial charge on any atom is 0.217 e. The van der Waals surface area contributed by atoms with Crippen LogP contribution in [0.2, 0.25) is 0 Å². The number of aliphatic hydroxyl groups is 29. The lowest BCUT2D eigenvalue weighted by Gasteiger charge is -2.52. The lowest BCUT2D eigenvalue weighted by Crippen LogP contribution is -2.72. The van der Waals surface area contributed by atoms with Gasteiger partial charge in [0.15, 0.2) is 69.2 Å². The number of aliphatic hydroxyl groups excluding tert-OH is 29. The first-order valence-corrected chi connectivity index (χ1v) is 44.6. The van der Waals surface area contributed by atoms with Crippen LogP contribution in [0.25, 0.3) is 0 Å². The predicted octanol–water partition coefficient (Wildman–Crippen LogP) is -24.1. The number of carbonyl (C=O) groups excluding carboxylic acids is 6. The fraction of sp³-hybridized carbons (Fsp3) is 0.923. The van der Waals surface area contributed by atoms with Crippen LogP contribution in [0, 0.1) is 0 Å². The van der Waals surface area contributed by atoms with Crippen LogP contribution >= 0.6 is 0 Å². The van der Waals surface area contributed by atoms with E-state index in [-0.39, 0.29) is 0 Å². The molecule has 35 N–H and O–H groups in total. The summed E-state index contributed by atoms with van der Waals surface area (Å²) in [7, 11) is 0. The summed E-state index contributed by atoms with van der Waals surface area (Å²) in [6.45, 7) is -7.45. The molecule has 0 aliphatic carbocycles. The van der Waals surface area contributed by atoms with Crippen LogP contribution in [0.4, 0.5) is 0 Å². The van der Waals surface area contributed by atoms with E-state index < -0.39 is 446 Å². The van der Waals surface area contributed by atoms with Gasteiger partial charge in [0.2, 0.25) is 35.4 Å². The molecule has 11 rings (SSSR count). The highest BCUT2D eigenvalue weighted by Gasteiger charge is 2.64. The Hall–Kier alpha value is -5.18. The number of hydrogen-bond donors (Lipinski definition) is 35. The molecule has 140 heavy (non-hydrogen) atoms. The Morgan fingerprint density at radius 3 is 0.721 bits per heavy atom. The molecule has 0 spiro atoms. The van der Waals surface area contributed by atoms with Crippen molar-refractivity contribution in [2.45, 2.75) is 379 Å². The fourth-order valence-corrected chi connectivity index (χ4v) is 18.2. The fourth-order valence-electron chi connectivity index (χ4n) is 18.2. The number of nitrogens with one attached hydrogen (secondary N) is 6. The Morgan fingerprint density at radius 1 is 0.186 bits per heavy atom. The summed E-state index contributed by atoms with van der Waals surface area (Å²) in [6, 6.07) is -11.7. The third-order valence-corrected chi connectivity index (χ3v) is 25.4. The van der Waals surface area contributed by atoms with E-state index in [2.05, 4.69) is 31.9 Å². The molecule has 1 unspecified atom stereocenters. The van der Waals surface area contributed by atoms with E-state index in [0.717, 1.165) is 41.5 Å². The molecule has 55 atom stereocenters. The van der Waals surface area contributed by atoms with Crippen molar-refractivity contribution in [1.29, 1.82) is 0 Å². The Kier molecular flexibility index (Phi) is 41.7. The Bertz CT molecular complexity index is 3920. The van der Waals surface area contributed by atoms with Crippen molar-refractivity contribution in [1.82, 2.24) is 31.9 Å². The highest BCUT2D eigenvalue weighted by Crippen LogP contribution is 2.43. The van der Waals surface area contributed by atoms with E-state index in [1.54, 1.807) is 0 Å². The van der Waals surface area contributed by atoms with E-state index in [1.165, 1.54) is 0 Å². The third-order valence-electron chi connectivity index (χ3n) is 25.4. The molecule has 0 aromatic carbocycles. The Balaban J connectivity index is 0.991. The van der Waals surface area contributed by atoms with Crippen molar-refractivity contribution in [2.75, 3.05) is 72.7 Å². The lowest BCUT2D eigenvalue weighted by atomic mass is 9.93. The molecule has 0 radical (unpaired) electrons. The summed E-state index contributed by atoms with van der Waals surface area (Å²) in [6.07, 6.45) is -107. The van der Waals surface area contributed by atoms with Gasteiger partial charge >= 0.3 is 0 Å². The minimum atomic E-state index is -2.76. The predicted molar refractivity (Wildman–Crippen MR) is 432 cm³/mol. The van der Waals surface area contributed by atoms with Crippen molar-refractivity contribution in [3.8, 4) is 0 Å². The van der Waals surface area contributed by atoms with Crippen LogP contribution in [0.5, 0.6) is 0 Å². The third kappa shape index (κ3) is 25.7. The van der Waals surface area contributed by atoms with E-state index in [9.17, 15) is 177 Å². The topological polar surface area (TPSA) is 955 Å². The summed E-state index contributed by atoms with van der Waals surface area (Å²) in [4.78, 5) is 78.0. The van der Waals surface area contributed by atoms with Gasteiger partial charge in [0.05, 0.1) is 72.7 Å². The van der Waals surface area contributed by atoms with Gasteiger partial charge in [0.1, 0.15) is 268 Å². The van der Waals surface area contributed by atoms with Gasteiger partial charge in [-0.15, -0.1) is 0 Å². The first kappa shape index (κ1) is 115. The average molecular weight is 2050 g/mol. The van der Waals surface area contributed by atoms with Gasteiger partial charge in [-0.25, -0.2) is 0 Å². The van der Waals surface area contributed by atoms with E-state index >= 15 is 0 Å². The highest BCUT2D eigenvalue weighted by molar-refractivity contribution is 5.75. The Labute approximate surface area is 792 Å². The summed E-state index contributed by atoms with van der Waals surface area (Å²) in [5, 5.41) is 343. The molecule has 11 heterocycles. The van der Waals surface area contributed by atoms with Crippen molar-refractivity contribution < 1.29 is 276 Å². The number of hydrogen-bond acceptors (Lipinski definition) is 56. The second-order valence-electron chi connectivity index (χ2n) is 35.2. The van der Waals surface area contributed by atoms with Gasteiger partial charge in [-0.2, -0.15) is 0 Å². The molecule has 808 valence electrons. The number of amides is 6. The second kappa shape index (κ2) is 50.7. The van der Waals surface area contributed by atoms with Gasteiger partial charge in [-0.1, -0.05) is 0 Å². The van der Waals surface area contributed by atoms with Crippen LogP contribution in [-0.4, -0.2) is 594 Å². The molecule has 0 aromatic rings. The van der Waals surface area contributed by atoms with E-state index in [1.807, 2.05) is 0 Å². The van der Waals surface area contributed by atoms with Crippen LogP contribution in [0.15, 0.2) is 0 Å². The zero-order valence-corrected chi connectivity index (χ0v) is 75.5. The normalized spacial score (nSPS) is 48.1. The van der Waals surface area contributed by atoms with Crippen molar-refractivity contribution in [2.24, 2.45) is 0 Å². The molecule has 0 saturated carbocycles. The Morgan fingerprint density at radius 2 is 0.400 bits per heavy atom. The minimum Gasteiger partial charge on any atom is -0.394 e. The van der Waals surface area contributed by atoms with E-state index in [4.69, 9.17) is 99.5 Å². The van der Waals surface area contributed by atoms with Crippen LogP contribution < -0.4 is 31.9 Å². The molecule has 11 aliphatic heterocycles. The molecule has 11 aliphatic rings. The molecular formula is C78H130N6O56. The van der Waals surface area contributed by atoms with Gasteiger partial charge in [0, 0.05) is 41.5 Å². The van der Waals surface area contributed by atoms with Crippen LogP contribution in [-0.2, 0) is 128 Å². The number of ether oxygens (including phenoxy) is 21. The summed E-state index contributed by atoms with van der Waals surface area (Å²) in [5.41, 5.74) is 0. The molecule has 0 aromatic heterocycles. The van der Waals surface area contributed by atoms with Crippen LogP contribution in [0.3, 0.4) is 0 Å². The molecular weight excluding hydrogens is 1920 g/mol. The zero-order chi connectivity index (χ0) is 103. The molecule has 11 saturated heterocycles. The molecule has 0 bridgehead atoms. The van der Waals surface area contributed by atoms with Gasteiger partial charge in [-0.3, -0.25) is 28.8 Å². The summed E-state index contributed by atoms with van der Waals surface area (Å²) in [5.74, 6) is -5.80. The maximum absolute atomic E-state index is 13.5.